The number of furan rings is 1. The molecule has 0 aliphatic heterocycles. The second-order valence-corrected chi connectivity index (χ2v) is 2.98. The van der Waals surface area contributed by atoms with Crippen LogP contribution in [0.1, 0.15) is 46.1 Å². The molecule has 82 valence electrons. The molecule has 0 fully saturated rings. The van der Waals surface area contributed by atoms with E-state index in [-0.39, 0.29) is 11.5 Å². The number of carbonyl (C=O) groups excluding carboxylic acids is 2. The van der Waals surface area contributed by atoms with Gasteiger partial charge in [0.05, 0.1) is 11.9 Å². The molecule has 5 heteroatoms. The normalized spacial score (nSPS) is 10.3. The zero-order chi connectivity index (χ0) is 11.6. The molecule has 1 heterocycles. The number of hydrogen-bond donors (Lipinski definition) is 0. The monoisotopic (exact) mass is 210 g/mol. The summed E-state index contributed by atoms with van der Waals surface area (Å²) in [5, 5.41) is 21.5. The smallest absolute Gasteiger partial charge is 0.113 e. The zero-order valence-corrected chi connectivity index (χ0v) is 8.46. The minimum Gasteiger partial charge on any atom is -0.545 e. The summed E-state index contributed by atoms with van der Waals surface area (Å²) in [5.74, 6) is -2.86. The Labute approximate surface area is 86.3 Å². The second kappa shape index (κ2) is 4.16. The van der Waals surface area contributed by atoms with Crippen LogP contribution in [0.2, 0.25) is 0 Å². The lowest BCUT2D eigenvalue weighted by Crippen LogP contribution is -2.30. The van der Waals surface area contributed by atoms with Crippen LogP contribution < -0.4 is 10.2 Å². The third-order valence-corrected chi connectivity index (χ3v) is 2.10. The maximum atomic E-state index is 10.8. The Bertz CT molecular complexity index is 366. The van der Waals surface area contributed by atoms with Gasteiger partial charge >= 0.3 is 0 Å². The van der Waals surface area contributed by atoms with E-state index in [0.717, 1.165) is 0 Å². The molecule has 0 aromatic carbocycles. The minimum absolute atomic E-state index is 0.117. The molecule has 0 spiro atoms. The van der Waals surface area contributed by atoms with Crippen LogP contribution in [0, 0.1) is 0 Å². The number of aromatic carboxylic acids is 2. The van der Waals surface area contributed by atoms with E-state index in [2.05, 4.69) is 0 Å². The predicted octanol–water partition coefficient (Wildman–Crippen LogP) is -0.869. The van der Waals surface area contributed by atoms with Gasteiger partial charge in [0.2, 0.25) is 0 Å². The lowest BCUT2D eigenvalue weighted by molar-refractivity contribution is -0.259. The minimum atomic E-state index is -1.55. The van der Waals surface area contributed by atoms with Crippen molar-refractivity contribution >= 4 is 11.9 Å². The standard InChI is InChI=1S/C10H12O5/c1-3-5-7(9(11)12)8(10(13)14)6(4-2)15-5/h3-4H2,1-2H3,(H,11,12)(H,13,14)/p-2. The highest BCUT2D eigenvalue weighted by Gasteiger charge is 2.19. The Morgan fingerprint density at radius 1 is 1.00 bits per heavy atom. The molecule has 0 aliphatic carbocycles. The van der Waals surface area contributed by atoms with Crippen molar-refractivity contribution in [3.05, 3.63) is 22.6 Å². The van der Waals surface area contributed by atoms with E-state index in [1.165, 1.54) is 0 Å². The first-order chi connectivity index (χ1) is 7.02. The van der Waals surface area contributed by atoms with Gasteiger partial charge in [-0.2, -0.15) is 0 Å². The van der Waals surface area contributed by atoms with E-state index < -0.39 is 23.1 Å². The van der Waals surface area contributed by atoms with Crippen molar-refractivity contribution in [1.29, 1.82) is 0 Å². The van der Waals surface area contributed by atoms with Crippen LogP contribution in [0.5, 0.6) is 0 Å². The molecular weight excluding hydrogens is 200 g/mol. The van der Waals surface area contributed by atoms with Crippen LogP contribution in [0.25, 0.3) is 0 Å². The number of aryl methyl sites for hydroxylation is 2. The second-order valence-electron chi connectivity index (χ2n) is 2.98. The van der Waals surface area contributed by atoms with Gasteiger partial charge < -0.3 is 24.2 Å². The summed E-state index contributed by atoms with van der Waals surface area (Å²) in [6, 6.07) is 0. The van der Waals surface area contributed by atoms with Gasteiger partial charge in [0.15, 0.2) is 0 Å². The molecule has 0 atom stereocenters. The summed E-state index contributed by atoms with van der Waals surface area (Å²) in [4.78, 5) is 21.5. The molecule has 1 aromatic heterocycles. The van der Waals surface area contributed by atoms with Gasteiger partial charge in [-0.15, -0.1) is 0 Å². The lowest BCUT2D eigenvalue weighted by atomic mass is 10.1. The first kappa shape index (κ1) is 11.3. The number of rotatable bonds is 4. The SMILES string of the molecule is CCc1oc(CC)c(C(=O)[O-])c1C(=O)[O-]. The van der Waals surface area contributed by atoms with Crippen molar-refractivity contribution in [2.75, 3.05) is 0 Å². The lowest BCUT2D eigenvalue weighted by Gasteiger charge is -2.06. The summed E-state index contributed by atoms with van der Waals surface area (Å²) in [6.07, 6.45) is 0.590. The van der Waals surface area contributed by atoms with Gasteiger partial charge in [-0.3, -0.25) is 0 Å². The largest absolute Gasteiger partial charge is 0.545 e. The van der Waals surface area contributed by atoms with Crippen molar-refractivity contribution in [1.82, 2.24) is 0 Å². The Hall–Kier alpha value is -1.78. The number of carboxylic acids is 2. The Kier molecular flexibility index (Phi) is 3.14. The first-order valence-electron chi connectivity index (χ1n) is 4.60. The highest BCUT2D eigenvalue weighted by Crippen LogP contribution is 2.23. The van der Waals surface area contributed by atoms with E-state index in [1.807, 2.05) is 0 Å². The maximum Gasteiger partial charge on any atom is 0.113 e. The quantitative estimate of drug-likeness (QED) is 0.644. The van der Waals surface area contributed by atoms with E-state index in [0.29, 0.717) is 12.8 Å². The molecule has 0 bridgehead atoms. The zero-order valence-electron chi connectivity index (χ0n) is 8.46. The molecule has 0 saturated heterocycles. The van der Waals surface area contributed by atoms with Crippen LogP contribution in [0.3, 0.4) is 0 Å². The molecule has 1 rings (SSSR count). The highest BCUT2D eigenvalue weighted by atomic mass is 16.4. The molecule has 0 N–H and O–H groups in total. The molecule has 0 unspecified atom stereocenters. The molecular formula is C10H10O5-2. The molecule has 0 saturated carbocycles. The van der Waals surface area contributed by atoms with E-state index in [4.69, 9.17) is 4.42 Å². The fourth-order valence-corrected chi connectivity index (χ4v) is 1.46. The maximum absolute atomic E-state index is 10.8. The first-order valence-corrected chi connectivity index (χ1v) is 4.60. The van der Waals surface area contributed by atoms with Crippen LogP contribution in [-0.2, 0) is 12.8 Å². The average molecular weight is 210 g/mol. The highest BCUT2D eigenvalue weighted by molar-refractivity contribution is 6.01. The Morgan fingerprint density at radius 2 is 1.33 bits per heavy atom. The molecule has 15 heavy (non-hydrogen) atoms. The molecule has 0 amide bonds. The van der Waals surface area contributed by atoms with Crippen LogP contribution in [0.15, 0.2) is 4.42 Å². The predicted molar refractivity (Wildman–Crippen MR) is 46.1 cm³/mol. The molecule has 1 aromatic rings. The van der Waals surface area contributed by atoms with Gasteiger partial charge in [-0.05, 0) is 0 Å². The van der Waals surface area contributed by atoms with Crippen molar-refractivity contribution in [3.63, 3.8) is 0 Å². The fraction of sp³-hybridized carbons (Fsp3) is 0.400. The van der Waals surface area contributed by atoms with Crippen LogP contribution in [0.4, 0.5) is 0 Å². The summed E-state index contributed by atoms with van der Waals surface area (Å²) < 4.78 is 5.13. The third-order valence-electron chi connectivity index (χ3n) is 2.10. The van der Waals surface area contributed by atoms with Gasteiger partial charge in [-0.1, -0.05) is 13.8 Å². The van der Waals surface area contributed by atoms with Crippen molar-refractivity contribution < 1.29 is 24.2 Å². The van der Waals surface area contributed by atoms with Crippen LogP contribution in [-0.4, -0.2) is 11.9 Å². The van der Waals surface area contributed by atoms with E-state index in [9.17, 15) is 19.8 Å². The summed E-state index contributed by atoms with van der Waals surface area (Å²) in [5.41, 5.74) is -0.788. The van der Waals surface area contributed by atoms with E-state index >= 15 is 0 Å². The summed E-state index contributed by atoms with van der Waals surface area (Å²) in [7, 11) is 0. The van der Waals surface area contributed by atoms with Gasteiger partial charge in [-0.25, -0.2) is 0 Å². The summed E-state index contributed by atoms with van der Waals surface area (Å²) in [6.45, 7) is 3.34. The van der Waals surface area contributed by atoms with Crippen molar-refractivity contribution in [2.45, 2.75) is 26.7 Å². The molecule has 0 aliphatic rings. The Morgan fingerprint density at radius 3 is 1.53 bits per heavy atom. The Balaban J connectivity index is 3.48. The van der Waals surface area contributed by atoms with Crippen LogP contribution >= 0.6 is 0 Å². The number of hydrogen-bond acceptors (Lipinski definition) is 5. The van der Waals surface area contributed by atoms with Crippen molar-refractivity contribution in [2.24, 2.45) is 0 Å². The summed E-state index contributed by atoms with van der Waals surface area (Å²) >= 11 is 0. The van der Waals surface area contributed by atoms with Crippen molar-refractivity contribution in [3.8, 4) is 0 Å². The average Bonchev–Trinajstić information content (AvgIpc) is 2.55. The van der Waals surface area contributed by atoms with Gasteiger partial charge in [0.1, 0.15) is 11.5 Å². The molecule has 0 radical (unpaired) electrons. The van der Waals surface area contributed by atoms with Gasteiger partial charge in [0, 0.05) is 24.0 Å². The number of carbonyl (C=O) groups is 2. The fourth-order valence-electron chi connectivity index (χ4n) is 1.46. The topological polar surface area (TPSA) is 93.4 Å². The third kappa shape index (κ3) is 1.86. The number of carboxylic acid groups (broad SMARTS) is 2. The van der Waals surface area contributed by atoms with E-state index in [1.54, 1.807) is 13.8 Å². The molecule has 5 nitrogen and oxygen atoms in total. The van der Waals surface area contributed by atoms with Gasteiger partial charge in [0.25, 0.3) is 0 Å².